The molecule has 0 aromatic heterocycles. The molecule has 0 saturated heterocycles. The van der Waals surface area contributed by atoms with Crippen molar-refractivity contribution in [1.82, 2.24) is 0 Å². The van der Waals surface area contributed by atoms with Crippen LogP contribution in [0.15, 0.2) is 30.3 Å². The molecule has 0 spiro atoms. The lowest BCUT2D eigenvalue weighted by molar-refractivity contribution is 0.260. The third kappa shape index (κ3) is 2.10. The standard InChI is InChI=1S/C12H17N/c13-12(11-7-4-8-11)9-10-5-2-1-3-6-10/h1-3,5-6,11-12H,4,7-9,13H2/t12-/m1/s1. The van der Waals surface area contributed by atoms with Crippen LogP contribution in [0.25, 0.3) is 0 Å². The molecule has 1 aliphatic carbocycles. The Kier molecular flexibility index (Phi) is 2.65. The highest BCUT2D eigenvalue weighted by atomic mass is 14.7. The average Bonchev–Trinajstić information content (AvgIpc) is 2.02. The first kappa shape index (κ1) is 8.76. The molecule has 0 radical (unpaired) electrons. The predicted molar refractivity (Wildman–Crippen MR) is 55.5 cm³/mol. The first-order valence-electron chi connectivity index (χ1n) is 5.16. The molecule has 2 rings (SSSR count). The summed E-state index contributed by atoms with van der Waals surface area (Å²) >= 11 is 0. The second-order valence-electron chi connectivity index (χ2n) is 4.04. The van der Waals surface area contributed by atoms with Crippen LogP contribution in [0, 0.1) is 5.92 Å². The average molecular weight is 175 g/mol. The van der Waals surface area contributed by atoms with Crippen molar-refractivity contribution >= 4 is 0 Å². The molecule has 1 heteroatoms. The van der Waals surface area contributed by atoms with Crippen LogP contribution in [0.1, 0.15) is 24.8 Å². The smallest absolute Gasteiger partial charge is 0.0108 e. The third-order valence-corrected chi connectivity index (χ3v) is 3.07. The topological polar surface area (TPSA) is 26.0 Å². The second kappa shape index (κ2) is 3.93. The second-order valence-corrected chi connectivity index (χ2v) is 4.04. The summed E-state index contributed by atoms with van der Waals surface area (Å²) in [7, 11) is 0. The lowest BCUT2D eigenvalue weighted by Gasteiger charge is -2.31. The van der Waals surface area contributed by atoms with Crippen molar-refractivity contribution in [2.75, 3.05) is 0 Å². The van der Waals surface area contributed by atoms with E-state index in [4.69, 9.17) is 5.73 Å². The Morgan fingerprint density at radius 1 is 1.23 bits per heavy atom. The van der Waals surface area contributed by atoms with Gasteiger partial charge in [-0.1, -0.05) is 36.8 Å². The number of benzene rings is 1. The molecule has 13 heavy (non-hydrogen) atoms. The normalized spacial score (nSPS) is 19.5. The summed E-state index contributed by atoms with van der Waals surface area (Å²) in [6.45, 7) is 0. The van der Waals surface area contributed by atoms with Gasteiger partial charge >= 0.3 is 0 Å². The molecule has 0 heterocycles. The van der Waals surface area contributed by atoms with E-state index in [0.29, 0.717) is 6.04 Å². The fourth-order valence-electron chi connectivity index (χ4n) is 1.92. The number of rotatable bonds is 3. The monoisotopic (exact) mass is 175 g/mol. The van der Waals surface area contributed by atoms with Crippen molar-refractivity contribution < 1.29 is 0 Å². The van der Waals surface area contributed by atoms with E-state index >= 15 is 0 Å². The van der Waals surface area contributed by atoms with Crippen molar-refractivity contribution in [1.29, 1.82) is 0 Å². The van der Waals surface area contributed by atoms with Crippen LogP contribution in [0.2, 0.25) is 0 Å². The Bertz CT molecular complexity index is 251. The molecule has 1 fully saturated rings. The van der Waals surface area contributed by atoms with Gasteiger partial charge in [-0.3, -0.25) is 0 Å². The molecule has 1 aromatic carbocycles. The zero-order valence-electron chi connectivity index (χ0n) is 7.95. The number of hydrogen-bond acceptors (Lipinski definition) is 1. The minimum absolute atomic E-state index is 0.385. The van der Waals surface area contributed by atoms with Crippen LogP contribution in [0.4, 0.5) is 0 Å². The Morgan fingerprint density at radius 2 is 1.92 bits per heavy atom. The maximum Gasteiger partial charge on any atom is 0.0108 e. The van der Waals surface area contributed by atoms with Crippen molar-refractivity contribution in [2.24, 2.45) is 11.7 Å². The van der Waals surface area contributed by atoms with Gasteiger partial charge in [0.25, 0.3) is 0 Å². The van der Waals surface area contributed by atoms with Gasteiger partial charge in [-0.15, -0.1) is 0 Å². The molecule has 0 unspecified atom stereocenters. The lowest BCUT2D eigenvalue weighted by atomic mass is 9.78. The lowest BCUT2D eigenvalue weighted by Crippen LogP contribution is -2.36. The van der Waals surface area contributed by atoms with Gasteiger partial charge in [0, 0.05) is 6.04 Å². The zero-order valence-corrected chi connectivity index (χ0v) is 7.95. The van der Waals surface area contributed by atoms with Crippen LogP contribution in [-0.2, 0) is 6.42 Å². The van der Waals surface area contributed by atoms with Gasteiger partial charge in [0.1, 0.15) is 0 Å². The maximum atomic E-state index is 6.11. The first-order chi connectivity index (χ1) is 6.36. The van der Waals surface area contributed by atoms with Crippen molar-refractivity contribution in [3.05, 3.63) is 35.9 Å². The van der Waals surface area contributed by atoms with Gasteiger partial charge < -0.3 is 5.73 Å². The number of hydrogen-bond donors (Lipinski definition) is 1. The Balaban J connectivity index is 1.90. The molecule has 0 aliphatic heterocycles. The molecule has 1 aromatic rings. The summed E-state index contributed by atoms with van der Waals surface area (Å²) in [5.74, 6) is 0.792. The molecule has 1 saturated carbocycles. The quantitative estimate of drug-likeness (QED) is 0.749. The fraction of sp³-hybridized carbons (Fsp3) is 0.500. The van der Waals surface area contributed by atoms with Crippen LogP contribution in [0.5, 0.6) is 0 Å². The van der Waals surface area contributed by atoms with E-state index < -0.39 is 0 Å². The Labute approximate surface area is 80.0 Å². The van der Waals surface area contributed by atoms with Crippen molar-refractivity contribution in [3.63, 3.8) is 0 Å². The molecular formula is C12H17N. The van der Waals surface area contributed by atoms with E-state index in [0.717, 1.165) is 12.3 Å². The van der Waals surface area contributed by atoms with Gasteiger partial charge in [-0.2, -0.15) is 0 Å². The highest BCUT2D eigenvalue weighted by Crippen LogP contribution is 2.29. The predicted octanol–water partition coefficient (Wildman–Crippen LogP) is 2.36. The molecule has 1 aliphatic rings. The third-order valence-electron chi connectivity index (χ3n) is 3.07. The van der Waals surface area contributed by atoms with Gasteiger partial charge in [0.2, 0.25) is 0 Å². The minimum Gasteiger partial charge on any atom is -0.327 e. The van der Waals surface area contributed by atoms with E-state index in [1.807, 2.05) is 0 Å². The first-order valence-corrected chi connectivity index (χ1v) is 5.16. The van der Waals surface area contributed by atoms with Gasteiger partial charge in [0.05, 0.1) is 0 Å². The maximum absolute atomic E-state index is 6.11. The van der Waals surface area contributed by atoms with Crippen LogP contribution in [-0.4, -0.2) is 6.04 Å². The van der Waals surface area contributed by atoms with Crippen LogP contribution < -0.4 is 5.73 Å². The molecule has 70 valence electrons. The van der Waals surface area contributed by atoms with Gasteiger partial charge in [0.15, 0.2) is 0 Å². The summed E-state index contributed by atoms with van der Waals surface area (Å²) in [6.07, 6.45) is 5.11. The Hall–Kier alpha value is -0.820. The van der Waals surface area contributed by atoms with Crippen LogP contribution in [0.3, 0.4) is 0 Å². The van der Waals surface area contributed by atoms with E-state index in [9.17, 15) is 0 Å². The van der Waals surface area contributed by atoms with E-state index in [2.05, 4.69) is 30.3 Å². The van der Waals surface area contributed by atoms with Gasteiger partial charge in [-0.05, 0) is 30.7 Å². The van der Waals surface area contributed by atoms with Crippen molar-refractivity contribution in [2.45, 2.75) is 31.7 Å². The number of nitrogens with two attached hydrogens (primary N) is 1. The van der Waals surface area contributed by atoms with E-state index in [1.54, 1.807) is 0 Å². The molecule has 0 amide bonds. The zero-order chi connectivity index (χ0) is 9.10. The summed E-state index contributed by atoms with van der Waals surface area (Å²) in [4.78, 5) is 0. The summed E-state index contributed by atoms with van der Waals surface area (Å²) in [5.41, 5.74) is 7.49. The summed E-state index contributed by atoms with van der Waals surface area (Å²) < 4.78 is 0. The van der Waals surface area contributed by atoms with Crippen molar-refractivity contribution in [3.8, 4) is 0 Å². The minimum atomic E-state index is 0.385. The molecule has 1 nitrogen and oxygen atoms in total. The largest absolute Gasteiger partial charge is 0.327 e. The molecule has 1 atom stereocenters. The highest BCUT2D eigenvalue weighted by Gasteiger charge is 2.23. The summed E-state index contributed by atoms with van der Waals surface area (Å²) in [6, 6.07) is 10.9. The highest BCUT2D eigenvalue weighted by molar-refractivity contribution is 5.16. The fourth-order valence-corrected chi connectivity index (χ4v) is 1.92. The van der Waals surface area contributed by atoms with Crippen LogP contribution >= 0.6 is 0 Å². The van der Waals surface area contributed by atoms with E-state index in [1.165, 1.54) is 24.8 Å². The molecule has 0 bridgehead atoms. The SMILES string of the molecule is N[C@H](Cc1ccccc1)C1CCC1. The van der Waals surface area contributed by atoms with Gasteiger partial charge in [-0.25, -0.2) is 0 Å². The summed E-state index contributed by atoms with van der Waals surface area (Å²) in [5, 5.41) is 0. The molecule has 2 N–H and O–H groups in total. The Morgan fingerprint density at radius 3 is 2.46 bits per heavy atom. The van der Waals surface area contributed by atoms with E-state index in [-0.39, 0.29) is 0 Å². The molecular weight excluding hydrogens is 158 g/mol.